The molecule has 3 N–H and O–H groups in total. The van der Waals surface area contributed by atoms with Gasteiger partial charge in [0.15, 0.2) is 0 Å². The maximum atomic E-state index is 13.2. The minimum absolute atomic E-state index is 0.0694. The first-order chi connectivity index (χ1) is 16.0. The van der Waals surface area contributed by atoms with Crippen LogP contribution in [0.25, 0.3) is 0 Å². The van der Waals surface area contributed by atoms with Crippen molar-refractivity contribution in [2.24, 2.45) is 17.6 Å². The summed E-state index contributed by atoms with van der Waals surface area (Å²) in [4.78, 5) is 26.8. The maximum absolute atomic E-state index is 13.2. The first kappa shape index (κ1) is 28.9. The van der Waals surface area contributed by atoms with Gasteiger partial charge in [0.2, 0.25) is 21.8 Å². The molecule has 34 heavy (non-hydrogen) atoms. The van der Waals surface area contributed by atoms with Crippen LogP contribution in [0.5, 0.6) is 0 Å². The van der Waals surface area contributed by atoms with Gasteiger partial charge >= 0.3 is 0 Å². The minimum atomic E-state index is -3.89. The fourth-order valence-corrected chi connectivity index (χ4v) is 6.80. The van der Waals surface area contributed by atoms with Crippen LogP contribution in [0.2, 0.25) is 5.02 Å². The predicted octanol–water partition coefficient (Wildman–Crippen LogP) is 3.80. The summed E-state index contributed by atoms with van der Waals surface area (Å²) in [5.41, 5.74) is 5.67. The number of rotatable bonds is 13. The Morgan fingerprint density at radius 3 is 2.53 bits per heavy atom. The third-order valence-corrected chi connectivity index (χ3v) is 8.82. The number of nitrogens with zero attached hydrogens (tertiary/aromatic N) is 1. The van der Waals surface area contributed by atoms with E-state index in [0.29, 0.717) is 38.1 Å². The van der Waals surface area contributed by atoms with Gasteiger partial charge in [-0.15, -0.1) is 0 Å². The molecule has 0 bridgehead atoms. The van der Waals surface area contributed by atoms with E-state index in [-0.39, 0.29) is 28.3 Å². The van der Waals surface area contributed by atoms with Gasteiger partial charge < -0.3 is 10.6 Å². The van der Waals surface area contributed by atoms with Gasteiger partial charge in [-0.2, -0.15) is 11.8 Å². The molecule has 1 fully saturated rings. The van der Waals surface area contributed by atoms with Crippen molar-refractivity contribution in [1.29, 1.82) is 0 Å². The highest BCUT2D eigenvalue weighted by Gasteiger charge is 2.30. The molecule has 1 aliphatic heterocycles. The van der Waals surface area contributed by atoms with Crippen molar-refractivity contribution >= 4 is 45.2 Å². The molecule has 0 radical (unpaired) electrons. The highest BCUT2D eigenvalue weighted by atomic mass is 35.5. The van der Waals surface area contributed by atoms with Gasteiger partial charge in [0.05, 0.1) is 5.02 Å². The van der Waals surface area contributed by atoms with E-state index in [2.05, 4.69) is 4.72 Å². The van der Waals surface area contributed by atoms with Crippen LogP contribution in [-0.2, 0) is 19.6 Å². The number of nitrogens with two attached hydrogens (primary N) is 1. The number of carbonyl (C=O) groups is 2. The Morgan fingerprint density at radius 2 is 1.94 bits per heavy atom. The third kappa shape index (κ3) is 9.02. The number of thioether (sulfide) groups is 1. The van der Waals surface area contributed by atoms with E-state index in [4.69, 9.17) is 17.3 Å². The quantitative estimate of drug-likeness (QED) is 0.373. The van der Waals surface area contributed by atoms with E-state index in [9.17, 15) is 22.4 Å². The molecule has 7 nitrogen and oxygen atoms in total. The monoisotopic (exact) mass is 535 g/mol. The minimum Gasteiger partial charge on any atom is -0.368 e. The lowest BCUT2D eigenvalue weighted by atomic mass is 9.96. The molecule has 1 heterocycles. The molecule has 2 amide bonds. The third-order valence-electron chi connectivity index (χ3n) is 5.83. The Balaban J connectivity index is 1.97. The molecule has 0 spiro atoms. The Morgan fingerprint density at radius 1 is 1.26 bits per heavy atom. The summed E-state index contributed by atoms with van der Waals surface area (Å²) < 4.78 is 40.6. The van der Waals surface area contributed by atoms with Gasteiger partial charge in [0.1, 0.15) is 16.8 Å². The molecule has 0 unspecified atom stereocenters. The van der Waals surface area contributed by atoms with Crippen molar-refractivity contribution in [2.75, 3.05) is 24.6 Å². The average molecular weight is 536 g/mol. The number of benzene rings is 1. The van der Waals surface area contributed by atoms with Crippen LogP contribution in [0.1, 0.15) is 52.4 Å². The highest BCUT2D eigenvalue weighted by molar-refractivity contribution is 7.99. The first-order valence-electron chi connectivity index (χ1n) is 11.6. The number of unbranched alkanes of at least 4 members (excludes halogenated alkanes) is 1. The number of halogens is 2. The molecule has 1 aromatic carbocycles. The zero-order valence-corrected chi connectivity index (χ0v) is 22.2. The van der Waals surface area contributed by atoms with E-state index in [1.807, 2.05) is 25.6 Å². The summed E-state index contributed by atoms with van der Waals surface area (Å²) in [5, 5.41) is -0.191. The van der Waals surface area contributed by atoms with Gasteiger partial charge in [-0.3, -0.25) is 9.59 Å². The van der Waals surface area contributed by atoms with Crippen LogP contribution in [0.4, 0.5) is 4.39 Å². The van der Waals surface area contributed by atoms with E-state index >= 15 is 0 Å². The van der Waals surface area contributed by atoms with Gasteiger partial charge in [0.25, 0.3) is 0 Å². The average Bonchev–Trinajstić information content (AvgIpc) is 2.75. The lowest BCUT2D eigenvalue weighted by Gasteiger charge is -2.33. The van der Waals surface area contributed by atoms with Crippen molar-refractivity contribution < 1.29 is 22.4 Å². The van der Waals surface area contributed by atoms with Gasteiger partial charge in [-0.1, -0.05) is 25.4 Å². The van der Waals surface area contributed by atoms with E-state index in [1.165, 1.54) is 0 Å². The number of hydrogen-bond acceptors (Lipinski definition) is 5. The Kier molecular flexibility index (Phi) is 11.6. The molecular formula is C23H35ClFN3O4S2. The predicted molar refractivity (Wildman–Crippen MR) is 135 cm³/mol. The summed E-state index contributed by atoms with van der Waals surface area (Å²) in [6.45, 7) is 4.39. The molecule has 1 saturated heterocycles. The summed E-state index contributed by atoms with van der Waals surface area (Å²) in [6, 6.07) is 2.42. The second-order valence-electron chi connectivity index (χ2n) is 9.07. The van der Waals surface area contributed by atoms with Crippen molar-refractivity contribution in [3.63, 3.8) is 0 Å². The van der Waals surface area contributed by atoms with Crippen molar-refractivity contribution in [1.82, 2.24) is 9.62 Å². The molecule has 192 valence electrons. The molecule has 0 aromatic heterocycles. The van der Waals surface area contributed by atoms with Gasteiger partial charge in [-0.05, 0) is 73.6 Å². The van der Waals surface area contributed by atoms with E-state index in [1.54, 1.807) is 4.90 Å². The standard InChI is InChI=1S/C23H35ClFN3O4S2/c1-16(2)13-20(23(26)30)28(22(29)14-17-7-11-33-12-8-17)10-4-3-9-27-34(31,32)21-6-5-18(25)15-19(21)24/h5-6,15-17,20,27H,3-4,7-14H2,1-2H3,(H2,26,30)/t20-/m0/s1. The molecule has 1 aliphatic rings. The second-order valence-corrected chi connectivity index (χ2v) is 12.4. The maximum Gasteiger partial charge on any atom is 0.242 e. The Bertz CT molecular complexity index is 940. The molecule has 0 saturated carbocycles. The fraction of sp³-hybridized carbons (Fsp3) is 0.652. The smallest absolute Gasteiger partial charge is 0.242 e. The van der Waals surface area contributed by atoms with Crippen LogP contribution in [-0.4, -0.2) is 55.8 Å². The zero-order valence-electron chi connectivity index (χ0n) is 19.8. The summed E-state index contributed by atoms with van der Waals surface area (Å²) in [5.74, 6) is 1.38. The topological polar surface area (TPSA) is 110 Å². The van der Waals surface area contributed by atoms with Crippen molar-refractivity contribution in [3.05, 3.63) is 29.0 Å². The summed E-state index contributed by atoms with van der Waals surface area (Å²) >= 11 is 7.76. The van der Waals surface area contributed by atoms with Crippen LogP contribution in [0.3, 0.4) is 0 Å². The number of primary amides is 1. The Hall–Kier alpha value is -1.36. The van der Waals surface area contributed by atoms with Crippen LogP contribution >= 0.6 is 23.4 Å². The molecule has 0 aliphatic carbocycles. The van der Waals surface area contributed by atoms with E-state index < -0.39 is 27.8 Å². The van der Waals surface area contributed by atoms with Crippen LogP contribution < -0.4 is 10.5 Å². The summed E-state index contributed by atoms with van der Waals surface area (Å²) in [7, 11) is -3.89. The molecular weight excluding hydrogens is 501 g/mol. The van der Waals surface area contributed by atoms with E-state index in [0.717, 1.165) is 42.5 Å². The van der Waals surface area contributed by atoms with Gasteiger partial charge in [-0.25, -0.2) is 17.5 Å². The molecule has 11 heteroatoms. The molecule has 1 aromatic rings. The Labute approximate surface area is 211 Å². The lowest BCUT2D eigenvalue weighted by molar-refractivity contribution is -0.140. The number of amides is 2. The molecule has 2 rings (SSSR count). The zero-order chi connectivity index (χ0) is 25.3. The summed E-state index contributed by atoms with van der Waals surface area (Å²) in [6.07, 6.45) is 3.80. The second kappa shape index (κ2) is 13.7. The van der Waals surface area contributed by atoms with Crippen LogP contribution in [0.15, 0.2) is 23.1 Å². The van der Waals surface area contributed by atoms with Crippen LogP contribution in [0, 0.1) is 17.7 Å². The number of sulfonamides is 1. The number of nitrogens with one attached hydrogen (secondary N) is 1. The highest BCUT2D eigenvalue weighted by Crippen LogP contribution is 2.27. The number of carbonyl (C=O) groups excluding carboxylic acids is 2. The number of hydrogen-bond donors (Lipinski definition) is 2. The molecule has 1 atom stereocenters. The lowest BCUT2D eigenvalue weighted by Crippen LogP contribution is -2.49. The van der Waals surface area contributed by atoms with Gasteiger partial charge in [0, 0.05) is 19.5 Å². The normalized spacial score (nSPS) is 15.9. The fourth-order valence-electron chi connectivity index (χ4n) is 4.00. The first-order valence-corrected chi connectivity index (χ1v) is 14.6. The van der Waals surface area contributed by atoms with Crippen molar-refractivity contribution in [3.8, 4) is 0 Å². The van der Waals surface area contributed by atoms with Crippen molar-refractivity contribution in [2.45, 2.75) is 63.3 Å². The SMILES string of the molecule is CC(C)C[C@@H](C(N)=O)N(CCCCNS(=O)(=O)c1ccc(F)cc1Cl)C(=O)CC1CCSCC1. The largest absolute Gasteiger partial charge is 0.368 e.